The number of hydrogen-bond acceptors (Lipinski definition) is 4. The van der Waals surface area contributed by atoms with Crippen molar-refractivity contribution in [1.82, 2.24) is 19.7 Å². The summed E-state index contributed by atoms with van der Waals surface area (Å²) in [5.41, 5.74) is 0. The summed E-state index contributed by atoms with van der Waals surface area (Å²) in [4.78, 5) is 2.27. The third-order valence-electron chi connectivity index (χ3n) is 3.33. The van der Waals surface area contributed by atoms with Gasteiger partial charge in [-0.2, -0.15) is 0 Å². The fourth-order valence-corrected chi connectivity index (χ4v) is 2.17. The molecular formula is C10H16N4O. The molecule has 1 saturated carbocycles. The topological polar surface area (TPSA) is 54.2 Å². The summed E-state index contributed by atoms with van der Waals surface area (Å²) in [6.45, 7) is 3.55. The number of aromatic nitrogens is 3. The van der Waals surface area contributed by atoms with Crippen molar-refractivity contribution in [3.05, 3.63) is 12.2 Å². The lowest BCUT2D eigenvalue weighted by atomic mass is 10.2. The van der Waals surface area contributed by atoms with Crippen LogP contribution >= 0.6 is 0 Å². The van der Waals surface area contributed by atoms with Crippen molar-refractivity contribution >= 4 is 0 Å². The van der Waals surface area contributed by atoms with Gasteiger partial charge in [0.05, 0.1) is 12.6 Å². The van der Waals surface area contributed by atoms with E-state index >= 15 is 0 Å². The molecule has 1 fully saturated rings. The van der Waals surface area contributed by atoms with E-state index in [1.54, 1.807) is 6.33 Å². The molecular weight excluding hydrogens is 192 g/mol. The second-order valence-corrected chi connectivity index (χ2v) is 4.58. The molecule has 2 aliphatic rings. The summed E-state index contributed by atoms with van der Waals surface area (Å²) in [7, 11) is 0. The van der Waals surface area contributed by atoms with E-state index in [0.717, 1.165) is 32.0 Å². The molecule has 1 aromatic heterocycles. The fourth-order valence-electron chi connectivity index (χ4n) is 2.17. The van der Waals surface area contributed by atoms with E-state index < -0.39 is 0 Å². The summed E-state index contributed by atoms with van der Waals surface area (Å²) in [6, 6.07) is 0. The summed E-state index contributed by atoms with van der Waals surface area (Å²) < 4.78 is 2.08. The van der Waals surface area contributed by atoms with Crippen molar-refractivity contribution < 1.29 is 5.11 Å². The van der Waals surface area contributed by atoms with E-state index in [-0.39, 0.29) is 6.10 Å². The average Bonchev–Trinajstić information content (AvgIpc) is 2.98. The standard InChI is InChI=1S/C10H16N4O/c15-9(8-1-2-8)5-13-3-4-14-7-11-12-10(14)6-13/h7-9,15H,1-6H2. The van der Waals surface area contributed by atoms with E-state index in [0.29, 0.717) is 5.92 Å². The van der Waals surface area contributed by atoms with Gasteiger partial charge in [-0.15, -0.1) is 10.2 Å². The Bertz CT molecular complexity index is 347. The summed E-state index contributed by atoms with van der Waals surface area (Å²) in [5.74, 6) is 1.58. The zero-order chi connectivity index (χ0) is 10.3. The molecule has 0 amide bonds. The molecule has 2 heterocycles. The molecule has 1 aromatic rings. The smallest absolute Gasteiger partial charge is 0.147 e. The molecule has 0 bridgehead atoms. The van der Waals surface area contributed by atoms with Crippen molar-refractivity contribution in [1.29, 1.82) is 0 Å². The van der Waals surface area contributed by atoms with E-state index in [1.807, 2.05) is 0 Å². The van der Waals surface area contributed by atoms with Crippen LogP contribution in [0, 0.1) is 5.92 Å². The fraction of sp³-hybridized carbons (Fsp3) is 0.800. The highest BCUT2D eigenvalue weighted by Gasteiger charge is 2.31. The SMILES string of the molecule is OC(CN1CCn2cnnc2C1)C1CC1. The van der Waals surface area contributed by atoms with Crippen LogP contribution in [0.25, 0.3) is 0 Å². The van der Waals surface area contributed by atoms with Crippen LogP contribution in [-0.2, 0) is 13.1 Å². The Labute approximate surface area is 88.7 Å². The molecule has 0 aromatic carbocycles. The van der Waals surface area contributed by atoms with Gasteiger partial charge in [0.1, 0.15) is 12.2 Å². The van der Waals surface area contributed by atoms with Gasteiger partial charge in [-0.1, -0.05) is 0 Å². The lowest BCUT2D eigenvalue weighted by molar-refractivity contribution is 0.0810. The van der Waals surface area contributed by atoms with Crippen molar-refractivity contribution in [3.63, 3.8) is 0 Å². The zero-order valence-corrected chi connectivity index (χ0v) is 8.71. The van der Waals surface area contributed by atoms with Crippen LogP contribution in [0.5, 0.6) is 0 Å². The van der Waals surface area contributed by atoms with Gasteiger partial charge in [-0.05, 0) is 18.8 Å². The molecule has 0 radical (unpaired) electrons. The van der Waals surface area contributed by atoms with Gasteiger partial charge in [0.2, 0.25) is 0 Å². The van der Waals surface area contributed by atoms with Crippen LogP contribution < -0.4 is 0 Å². The van der Waals surface area contributed by atoms with Crippen LogP contribution in [0.3, 0.4) is 0 Å². The molecule has 1 unspecified atom stereocenters. The predicted octanol–water partition coefficient (Wildman–Crippen LogP) is -0.135. The summed E-state index contributed by atoms with van der Waals surface area (Å²) in [6.07, 6.45) is 4.04. The van der Waals surface area contributed by atoms with Gasteiger partial charge >= 0.3 is 0 Å². The Balaban J connectivity index is 1.60. The highest BCUT2D eigenvalue weighted by Crippen LogP contribution is 2.33. The maximum Gasteiger partial charge on any atom is 0.147 e. The number of nitrogens with zero attached hydrogens (tertiary/aromatic N) is 4. The zero-order valence-electron chi connectivity index (χ0n) is 8.71. The van der Waals surface area contributed by atoms with Crippen LogP contribution in [0.2, 0.25) is 0 Å². The first-order chi connectivity index (χ1) is 7.33. The van der Waals surface area contributed by atoms with Crippen LogP contribution in [0.15, 0.2) is 6.33 Å². The third kappa shape index (κ3) is 1.89. The highest BCUT2D eigenvalue weighted by atomic mass is 16.3. The Morgan fingerprint density at radius 1 is 1.47 bits per heavy atom. The first-order valence-electron chi connectivity index (χ1n) is 5.60. The minimum atomic E-state index is -0.139. The highest BCUT2D eigenvalue weighted by molar-refractivity contribution is 4.91. The number of β-amino-alcohol motifs (C(OH)–C–C–N with tert-alkyl or cyclic N) is 1. The van der Waals surface area contributed by atoms with Gasteiger partial charge in [-0.3, -0.25) is 4.90 Å². The first-order valence-corrected chi connectivity index (χ1v) is 5.60. The molecule has 5 nitrogen and oxygen atoms in total. The second-order valence-electron chi connectivity index (χ2n) is 4.58. The number of aliphatic hydroxyl groups is 1. The number of hydrogen-bond donors (Lipinski definition) is 1. The predicted molar refractivity (Wildman–Crippen MR) is 54.0 cm³/mol. The molecule has 5 heteroatoms. The van der Waals surface area contributed by atoms with Crippen LogP contribution in [-0.4, -0.2) is 44.0 Å². The maximum absolute atomic E-state index is 9.86. The Morgan fingerprint density at radius 2 is 2.33 bits per heavy atom. The minimum absolute atomic E-state index is 0.139. The normalized spacial score (nSPS) is 23.8. The quantitative estimate of drug-likeness (QED) is 0.751. The molecule has 1 N–H and O–H groups in total. The molecule has 0 saturated heterocycles. The van der Waals surface area contributed by atoms with Crippen molar-refractivity contribution in [2.45, 2.75) is 32.0 Å². The summed E-state index contributed by atoms with van der Waals surface area (Å²) >= 11 is 0. The third-order valence-corrected chi connectivity index (χ3v) is 3.33. The maximum atomic E-state index is 9.86. The van der Waals surface area contributed by atoms with E-state index in [4.69, 9.17) is 0 Å². The van der Waals surface area contributed by atoms with Crippen molar-refractivity contribution in [2.24, 2.45) is 5.92 Å². The number of aliphatic hydroxyl groups excluding tert-OH is 1. The minimum Gasteiger partial charge on any atom is -0.392 e. The van der Waals surface area contributed by atoms with Gasteiger partial charge in [-0.25, -0.2) is 0 Å². The molecule has 82 valence electrons. The molecule has 1 atom stereocenters. The molecule has 3 rings (SSSR count). The Kier molecular flexibility index (Phi) is 2.21. The van der Waals surface area contributed by atoms with E-state index in [9.17, 15) is 5.11 Å². The van der Waals surface area contributed by atoms with Crippen LogP contribution in [0.1, 0.15) is 18.7 Å². The summed E-state index contributed by atoms with van der Waals surface area (Å²) in [5, 5.41) is 17.8. The monoisotopic (exact) mass is 208 g/mol. The second kappa shape index (κ2) is 3.57. The molecule has 15 heavy (non-hydrogen) atoms. The largest absolute Gasteiger partial charge is 0.392 e. The number of rotatable bonds is 3. The van der Waals surface area contributed by atoms with E-state index in [1.165, 1.54) is 12.8 Å². The molecule has 0 spiro atoms. The molecule has 1 aliphatic carbocycles. The van der Waals surface area contributed by atoms with Crippen molar-refractivity contribution in [2.75, 3.05) is 13.1 Å². The van der Waals surface area contributed by atoms with Gasteiger partial charge < -0.3 is 9.67 Å². The molecule has 1 aliphatic heterocycles. The Morgan fingerprint density at radius 3 is 3.13 bits per heavy atom. The van der Waals surface area contributed by atoms with Gasteiger partial charge in [0.15, 0.2) is 0 Å². The van der Waals surface area contributed by atoms with Crippen LogP contribution in [0.4, 0.5) is 0 Å². The lowest BCUT2D eigenvalue weighted by Gasteiger charge is -2.28. The average molecular weight is 208 g/mol. The lowest BCUT2D eigenvalue weighted by Crippen LogP contribution is -2.39. The van der Waals surface area contributed by atoms with Crippen molar-refractivity contribution in [3.8, 4) is 0 Å². The number of fused-ring (bicyclic) bond motifs is 1. The van der Waals surface area contributed by atoms with Gasteiger partial charge in [0, 0.05) is 19.6 Å². The van der Waals surface area contributed by atoms with E-state index in [2.05, 4.69) is 19.7 Å². The first kappa shape index (κ1) is 9.30. The Hall–Kier alpha value is -0.940. The van der Waals surface area contributed by atoms with Gasteiger partial charge in [0.25, 0.3) is 0 Å².